The normalized spacial score (nSPS) is 43.7. The van der Waals surface area contributed by atoms with Crippen molar-refractivity contribution in [3.05, 3.63) is 0 Å². The summed E-state index contributed by atoms with van der Waals surface area (Å²) in [6, 6.07) is 0. The lowest BCUT2D eigenvalue weighted by atomic mass is 9.84. The van der Waals surface area contributed by atoms with Crippen molar-refractivity contribution in [1.82, 2.24) is 0 Å². The van der Waals surface area contributed by atoms with Gasteiger partial charge in [0.25, 0.3) is 0 Å². The number of hydrogen-bond acceptors (Lipinski definition) is 2. The van der Waals surface area contributed by atoms with Gasteiger partial charge in [0.15, 0.2) is 0 Å². The topological polar surface area (TPSA) is 35.2 Å². The maximum Gasteiger partial charge on any atom is 0.0613 e. The summed E-state index contributed by atoms with van der Waals surface area (Å²) in [6.45, 7) is 5.91. The highest BCUT2D eigenvalue weighted by Gasteiger charge is 2.35. The van der Waals surface area contributed by atoms with E-state index in [1.54, 1.807) is 0 Å². The Morgan fingerprint density at radius 2 is 2.44 bits per heavy atom. The van der Waals surface area contributed by atoms with E-state index >= 15 is 0 Å². The lowest BCUT2D eigenvalue weighted by molar-refractivity contribution is 0.0756. The zero-order valence-electron chi connectivity index (χ0n) is 6.18. The third-order valence-corrected chi connectivity index (χ3v) is 2.49. The Morgan fingerprint density at radius 1 is 1.78 bits per heavy atom. The van der Waals surface area contributed by atoms with Gasteiger partial charge in [-0.25, -0.2) is 0 Å². The van der Waals surface area contributed by atoms with Crippen LogP contribution in [0.5, 0.6) is 0 Å². The lowest BCUT2D eigenvalue weighted by Gasteiger charge is -2.24. The fraction of sp³-hybridized carbons (Fsp3) is 1.00. The van der Waals surface area contributed by atoms with E-state index in [1.165, 1.54) is 0 Å². The van der Waals surface area contributed by atoms with Crippen LogP contribution in [0, 0.1) is 5.41 Å². The van der Waals surface area contributed by atoms with Gasteiger partial charge in [0.1, 0.15) is 0 Å². The van der Waals surface area contributed by atoms with Gasteiger partial charge in [0, 0.05) is 18.6 Å². The first-order valence-corrected chi connectivity index (χ1v) is 3.51. The summed E-state index contributed by atoms with van der Waals surface area (Å²) in [5, 5.41) is 0. The summed E-state index contributed by atoms with van der Waals surface area (Å²) >= 11 is 0. The lowest BCUT2D eigenvalue weighted by Crippen LogP contribution is -2.33. The standard InChI is InChI=1S/C7H15NO/c1-6-7(2,5-8)3-4-9-6/h6H,3-5,8H2,1-2H3/t6-,7+/m1/s1. The van der Waals surface area contributed by atoms with Crippen molar-refractivity contribution in [3.8, 4) is 0 Å². The second-order valence-electron chi connectivity index (χ2n) is 3.12. The van der Waals surface area contributed by atoms with Gasteiger partial charge in [-0.1, -0.05) is 6.92 Å². The Bertz CT molecular complexity index is 105. The molecule has 2 atom stereocenters. The van der Waals surface area contributed by atoms with Crippen molar-refractivity contribution in [2.24, 2.45) is 11.1 Å². The Morgan fingerprint density at radius 3 is 2.67 bits per heavy atom. The van der Waals surface area contributed by atoms with Crippen LogP contribution in [-0.2, 0) is 4.74 Å². The van der Waals surface area contributed by atoms with Gasteiger partial charge >= 0.3 is 0 Å². The molecule has 0 unspecified atom stereocenters. The van der Waals surface area contributed by atoms with Crippen LogP contribution in [0.2, 0.25) is 0 Å². The molecule has 0 saturated carbocycles. The van der Waals surface area contributed by atoms with Crippen molar-refractivity contribution in [1.29, 1.82) is 0 Å². The summed E-state index contributed by atoms with van der Waals surface area (Å²) in [5.41, 5.74) is 5.83. The Balaban J connectivity index is 2.56. The molecule has 0 radical (unpaired) electrons. The minimum atomic E-state index is 0.250. The molecule has 0 aromatic carbocycles. The van der Waals surface area contributed by atoms with E-state index in [9.17, 15) is 0 Å². The Hall–Kier alpha value is -0.0800. The van der Waals surface area contributed by atoms with Gasteiger partial charge in [-0.3, -0.25) is 0 Å². The average molecular weight is 129 g/mol. The van der Waals surface area contributed by atoms with Gasteiger partial charge in [-0.2, -0.15) is 0 Å². The van der Waals surface area contributed by atoms with Gasteiger partial charge in [-0.05, 0) is 13.3 Å². The van der Waals surface area contributed by atoms with Crippen molar-refractivity contribution in [3.63, 3.8) is 0 Å². The Kier molecular flexibility index (Phi) is 1.78. The SMILES string of the molecule is C[C@H]1OCC[C@@]1(C)CN. The molecule has 1 aliphatic heterocycles. The number of rotatable bonds is 1. The number of ether oxygens (including phenoxy) is 1. The molecule has 9 heavy (non-hydrogen) atoms. The molecule has 1 heterocycles. The van der Waals surface area contributed by atoms with Crippen molar-refractivity contribution in [2.45, 2.75) is 26.4 Å². The quantitative estimate of drug-likeness (QED) is 0.567. The molecule has 54 valence electrons. The summed E-state index contributed by atoms with van der Waals surface area (Å²) in [6.07, 6.45) is 1.47. The van der Waals surface area contributed by atoms with E-state index < -0.39 is 0 Å². The van der Waals surface area contributed by atoms with Crippen LogP contribution in [-0.4, -0.2) is 19.3 Å². The van der Waals surface area contributed by atoms with E-state index in [1.807, 2.05) is 0 Å². The maximum absolute atomic E-state index is 5.58. The molecular weight excluding hydrogens is 114 g/mol. The van der Waals surface area contributed by atoms with E-state index in [4.69, 9.17) is 10.5 Å². The van der Waals surface area contributed by atoms with Crippen molar-refractivity contribution < 1.29 is 4.74 Å². The molecule has 0 amide bonds. The molecule has 1 rings (SSSR count). The first-order chi connectivity index (χ1) is 4.19. The third kappa shape index (κ3) is 1.10. The highest BCUT2D eigenvalue weighted by molar-refractivity contribution is 4.85. The van der Waals surface area contributed by atoms with E-state index in [2.05, 4.69) is 13.8 Å². The monoisotopic (exact) mass is 129 g/mol. The zero-order valence-corrected chi connectivity index (χ0v) is 6.18. The van der Waals surface area contributed by atoms with E-state index in [0.717, 1.165) is 19.6 Å². The fourth-order valence-corrected chi connectivity index (χ4v) is 1.14. The minimum Gasteiger partial charge on any atom is -0.378 e. The molecule has 0 aliphatic carbocycles. The van der Waals surface area contributed by atoms with Crippen molar-refractivity contribution in [2.75, 3.05) is 13.2 Å². The first-order valence-electron chi connectivity index (χ1n) is 3.51. The molecule has 2 nitrogen and oxygen atoms in total. The van der Waals surface area contributed by atoms with Crippen LogP contribution < -0.4 is 5.73 Å². The molecule has 0 aromatic heterocycles. The van der Waals surface area contributed by atoms with E-state index in [0.29, 0.717) is 6.10 Å². The highest BCUT2D eigenvalue weighted by Crippen LogP contribution is 2.32. The predicted molar refractivity (Wildman–Crippen MR) is 37.2 cm³/mol. The molecular formula is C7H15NO. The van der Waals surface area contributed by atoms with Gasteiger partial charge < -0.3 is 10.5 Å². The average Bonchev–Trinajstić information content (AvgIpc) is 2.15. The minimum absolute atomic E-state index is 0.250. The molecule has 0 bridgehead atoms. The molecule has 1 saturated heterocycles. The molecule has 1 fully saturated rings. The second-order valence-corrected chi connectivity index (χ2v) is 3.12. The Labute approximate surface area is 56.4 Å². The van der Waals surface area contributed by atoms with Crippen LogP contribution in [0.25, 0.3) is 0 Å². The summed E-state index contributed by atoms with van der Waals surface area (Å²) in [7, 11) is 0. The second kappa shape index (κ2) is 2.27. The van der Waals surface area contributed by atoms with Gasteiger partial charge in [-0.15, -0.1) is 0 Å². The van der Waals surface area contributed by atoms with Gasteiger partial charge in [0.05, 0.1) is 6.10 Å². The first kappa shape index (κ1) is 7.03. The van der Waals surface area contributed by atoms with Gasteiger partial charge in [0.2, 0.25) is 0 Å². The number of hydrogen-bond donors (Lipinski definition) is 1. The van der Waals surface area contributed by atoms with Crippen LogP contribution >= 0.6 is 0 Å². The molecule has 1 aliphatic rings. The molecule has 2 N–H and O–H groups in total. The molecule has 0 aromatic rings. The van der Waals surface area contributed by atoms with Crippen molar-refractivity contribution >= 4 is 0 Å². The van der Waals surface area contributed by atoms with Crippen LogP contribution in [0.4, 0.5) is 0 Å². The summed E-state index contributed by atoms with van der Waals surface area (Å²) in [5.74, 6) is 0. The zero-order chi connectivity index (χ0) is 6.91. The molecule has 2 heteroatoms. The fourth-order valence-electron chi connectivity index (χ4n) is 1.14. The molecule has 0 spiro atoms. The van der Waals surface area contributed by atoms with Crippen LogP contribution in [0.15, 0.2) is 0 Å². The summed E-state index contributed by atoms with van der Waals surface area (Å²) < 4.78 is 5.38. The van der Waals surface area contributed by atoms with Crippen LogP contribution in [0.1, 0.15) is 20.3 Å². The van der Waals surface area contributed by atoms with Crippen LogP contribution in [0.3, 0.4) is 0 Å². The highest BCUT2D eigenvalue weighted by atomic mass is 16.5. The predicted octanol–water partition coefficient (Wildman–Crippen LogP) is 0.760. The summed E-state index contributed by atoms with van der Waals surface area (Å²) in [4.78, 5) is 0. The number of nitrogens with two attached hydrogens (primary N) is 1. The smallest absolute Gasteiger partial charge is 0.0613 e. The van der Waals surface area contributed by atoms with E-state index in [-0.39, 0.29) is 5.41 Å². The largest absolute Gasteiger partial charge is 0.378 e. The third-order valence-electron chi connectivity index (χ3n) is 2.49. The maximum atomic E-state index is 5.58.